The van der Waals surface area contributed by atoms with Crippen molar-refractivity contribution in [3.63, 3.8) is 0 Å². The van der Waals surface area contributed by atoms with Gasteiger partial charge in [0, 0.05) is 6.54 Å². The average molecular weight is 320 g/mol. The lowest BCUT2D eigenvalue weighted by molar-refractivity contribution is -0.274. The summed E-state index contributed by atoms with van der Waals surface area (Å²) in [5.41, 5.74) is 3.93. The number of hydrogen-bond donors (Lipinski definition) is 0. The Morgan fingerprint density at radius 1 is 1.04 bits per heavy atom. The quantitative estimate of drug-likeness (QED) is 0.705. The van der Waals surface area contributed by atoms with E-state index < -0.39 is 6.36 Å². The van der Waals surface area contributed by atoms with Crippen LogP contribution in [-0.4, -0.2) is 15.9 Å². The molecule has 0 atom stereocenters. The average Bonchev–Trinajstić information content (AvgIpc) is 2.75. The van der Waals surface area contributed by atoms with Crippen molar-refractivity contribution in [1.29, 1.82) is 0 Å². The number of ether oxygens (including phenoxy) is 1. The van der Waals surface area contributed by atoms with Crippen LogP contribution in [0, 0.1) is 13.8 Å². The second kappa shape index (κ2) is 5.61. The van der Waals surface area contributed by atoms with Crippen molar-refractivity contribution in [3.05, 3.63) is 59.4 Å². The summed E-state index contributed by atoms with van der Waals surface area (Å²) in [6.07, 6.45) is -4.67. The summed E-state index contributed by atoms with van der Waals surface area (Å²) in [6.45, 7) is 4.46. The molecule has 0 unspecified atom stereocenters. The smallest absolute Gasteiger partial charge is 0.406 e. The number of alkyl halides is 3. The van der Waals surface area contributed by atoms with E-state index in [0.717, 1.165) is 28.0 Å². The highest BCUT2D eigenvalue weighted by Gasteiger charge is 2.30. The van der Waals surface area contributed by atoms with Crippen molar-refractivity contribution in [2.75, 3.05) is 0 Å². The van der Waals surface area contributed by atoms with Crippen LogP contribution in [0.25, 0.3) is 11.0 Å². The maximum atomic E-state index is 12.2. The maximum Gasteiger partial charge on any atom is 0.573 e. The van der Waals surface area contributed by atoms with Gasteiger partial charge in [0.1, 0.15) is 11.6 Å². The lowest BCUT2D eigenvalue weighted by Gasteiger charge is -2.10. The summed E-state index contributed by atoms with van der Waals surface area (Å²) in [5.74, 6) is 0.644. The zero-order chi connectivity index (χ0) is 16.6. The Balaban J connectivity index is 1.87. The molecule has 0 aliphatic carbocycles. The van der Waals surface area contributed by atoms with Crippen LogP contribution in [0.3, 0.4) is 0 Å². The number of fused-ring (bicyclic) bond motifs is 1. The molecule has 0 bridgehead atoms. The van der Waals surface area contributed by atoms with Crippen LogP contribution < -0.4 is 4.74 Å². The molecule has 0 saturated carbocycles. The van der Waals surface area contributed by atoms with Gasteiger partial charge < -0.3 is 9.30 Å². The lowest BCUT2D eigenvalue weighted by Crippen LogP contribution is -2.17. The Labute approximate surface area is 131 Å². The fourth-order valence-corrected chi connectivity index (χ4v) is 2.53. The second-order valence-corrected chi connectivity index (χ2v) is 5.43. The van der Waals surface area contributed by atoms with Crippen LogP contribution in [0.5, 0.6) is 5.75 Å². The van der Waals surface area contributed by atoms with E-state index in [1.807, 2.05) is 30.5 Å². The minimum absolute atomic E-state index is 0.218. The van der Waals surface area contributed by atoms with Crippen LogP contribution in [0.2, 0.25) is 0 Å². The Morgan fingerprint density at radius 3 is 2.39 bits per heavy atom. The Hall–Kier alpha value is -2.50. The predicted molar refractivity (Wildman–Crippen MR) is 81.4 cm³/mol. The minimum Gasteiger partial charge on any atom is -0.406 e. The van der Waals surface area contributed by atoms with E-state index >= 15 is 0 Å². The number of benzene rings is 2. The van der Waals surface area contributed by atoms with Crippen molar-refractivity contribution in [1.82, 2.24) is 9.55 Å². The van der Waals surface area contributed by atoms with E-state index in [-0.39, 0.29) is 5.75 Å². The van der Waals surface area contributed by atoms with E-state index in [4.69, 9.17) is 0 Å². The molecule has 3 nitrogen and oxygen atoms in total. The molecule has 2 aromatic carbocycles. The molecule has 0 aliphatic rings. The number of hydrogen-bond acceptors (Lipinski definition) is 2. The van der Waals surface area contributed by atoms with Gasteiger partial charge in [0.15, 0.2) is 0 Å². The van der Waals surface area contributed by atoms with Crippen molar-refractivity contribution in [2.45, 2.75) is 26.8 Å². The number of halogens is 3. The van der Waals surface area contributed by atoms with E-state index in [9.17, 15) is 13.2 Å². The predicted octanol–water partition coefficient (Wildman–Crippen LogP) is 4.60. The van der Waals surface area contributed by atoms with Crippen molar-refractivity contribution >= 4 is 11.0 Å². The SMILES string of the molecule is Cc1ccc2nc(C)n(Cc3ccc(OC(F)(F)F)cc3)c2c1. The first-order chi connectivity index (χ1) is 10.8. The summed E-state index contributed by atoms with van der Waals surface area (Å²) in [5, 5.41) is 0. The third-order valence-electron chi connectivity index (χ3n) is 3.59. The van der Waals surface area contributed by atoms with Crippen LogP contribution in [-0.2, 0) is 6.54 Å². The fraction of sp³-hybridized carbons (Fsp3) is 0.235. The standard InChI is InChI=1S/C17H15F3N2O/c1-11-3-8-15-16(9-11)22(12(2)21-15)10-13-4-6-14(7-5-13)23-17(18,19)20/h3-9H,10H2,1-2H3. The minimum atomic E-state index is -4.67. The van der Waals surface area contributed by atoms with Gasteiger partial charge in [-0.15, -0.1) is 13.2 Å². The van der Waals surface area contributed by atoms with Crippen molar-refractivity contribution in [2.24, 2.45) is 0 Å². The Bertz CT molecular complexity index is 835. The number of rotatable bonds is 3. The molecule has 0 aliphatic heterocycles. The van der Waals surface area contributed by atoms with Crippen LogP contribution >= 0.6 is 0 Å². The summed E-state index contributed by atoms with van der Waals surface area (Å²) in [6, 6.07) is 11.9. The van der Waals surface area contributed by atoms with E-state index in [0.29, 0.717) is 6.54 Å². The molecular formula is C17H15F3N2O. The highest BCUT2D eigenvalue weighted by atomic mass is 19.4. The van der Waals surface area contributed by atoms with E-state index in [2.05, 4.69) is 15.8 Å². The second-order valence-electron chi connectivity index (χ2n) is 5.43. The number of aromatic nitrogens is 2. The first-order valence-corrected chi connectivity index (χ1v) is 7.10. The molecule has 6 heteroatoms. The van der Waals surface area contributed by atoms with Crippen molar-refractivity contribution in [3.8, 4) is 5.75 Å². The highest BCUT2D eigenvalue weighted by molar-refractivity contribution is 5.77. The number of aryl methyl sites for hydroxylation is 2. The molecule has 1 heterocycles. The van der Waals surface area contributed by atoms with Gasteiger partial charge >= 0.3 is 6.36 Å². The molecule has 3 aromatic rings. The van der Waals surface area contributed by atoms with Crippen LogP contribution in [0.4, 0.5) is 13.2 Å². The fourth-order valence-electron chi connectivity index (χ4n) is 2.53. The Kier molecular flexibility index (Phi) is 3.75. The third-order valence-corrected chi connectivity index (χ3v) is 3.59. The van der Waals surface area contributed by atoms with Gasteiger partial charge in [-0.1, -0.05) is 18.2 Å². The third kappa shape index (κ3) is 3.47. The van der Waals surface area contributed by atoms with Crippen molar-refractivity contribution < 1.29 is 17.9 Å². The molecule has 23 heavy (non-hydrogen) atoms. The summed E-state index contributed by atoms with van der Waals surface area (Å²) in [4.78, 5) is 4.51. The summed E-state index contributed by atoms with van der Waals surface area (Å²) in [7, 11) is 0. The normalized spacial score (nSPS) is 11.9. The first-order valence-electron chi connectivity index (χ1n) is 7.10. The largest absolute Gasteiger partial charge is 0.573 e. The topological polar surface area (TPSA) is 27.1 Å². The van der Waals surface area contributed by atoms with Gasteiger partial charge in [0.25, 0.3) is 0 Å². The zero-order valence-electron chi connectivity index (χ0n) is 12.7. The molecule has 0 fully saturated rings. The highest BCUT2D eigenvalue weighted by Crippen LogP contribution is 2.24. The van der Waals surface area contributed by atoms with Gasteiger partial charge in [-0.3, -0.25) is 0 Å². The molecule has 120 valence electrons. The van der Waals surface area contributed by atoms with Crippen LogP contribution in [0.1, 0.15) is 17.0 Å². The monoisotopic (exact) mass is 320 g/mol. The van der Waals surface area contributed by atoms with E-state index in [1.165, 1.54) is 12.1 Å². The molecule has 0 radical (unpaired) electrons. The summed E-state index contributed by atoms with van der Waals surface area (Å²) < 4.78 is 42.5. The van der Waals surface area contributed by atoms with Gasteiger partial charge in [-0.05, 0) is 49.2 Å². The molecule has 0 amide bonds. The van der Waals surface area contributed by atoms with Gasteiger partial charge in [-0.25, -0.2) is 4.98 Å². The van der Waals surface area contributed by atoms with Crippen LogP contribution in [0.15, 0.2) is 42.5 Å². The Morgan fingerprint density at radius 2 is 1.74 bits per heavy atom. The molecular weight excluding hydrogens is 305 g/mol. The summed E-state index contributed by atoms with van der Waals surface area (Å²) >= 11 is 0. The first kappa shape index (κ1) is 15.4. The van der Waals surface area contributed by atoms with Gasteiger partial charge in [0.05, 0.1) is 11.0 Å². The van der Waals surface area contributed by atoms with E-state index in [1.54, 1.807) is 12.1 Å². The number of imidazole rings is 1. The van der Waals surface area contributed by atoms with Gasteiger partial charge in [0.2, 0.25) is 0 Å². The zero-order valence-corrected chi connectivity index (χ0v) is 12.7. The number of nitrogens with zero attached hydrogens (tertiary/aromatic N) is 2. The molecule has 0 N–H and O–H groups in total. The molecule has 3 rings (SSSR count). The lowest BCUT2D eigenvalue weighted by atomic mass is 10.2. The molecule has 0 spiro atoms. The maximum absolute atomic E-state index is 12.2. The molecule has 0 saturated heterocycles. The molecule has 1 aromatic heterocycles. The van der Waals surface area contributed by atoms with Gasteiger partial charge in [-0.2, -0.15) is 0 Å².